The smallest absolute Gasteiger partial charge is 0.339 e. The third-order valence-corrected chi connectivity index (χ3v) is 4.07. The maximum absolute atomic E-state index is 11.9. The number of rotatable bonds is 4. The van der Waals surface area contributed by atoms with E-state index in [-0.39, 0.29) is 5.97 Å². The van der Waals surface area contributed by atoms with Crippen LogP contribution in [-0.4, -0.2) is 31.4 Å². The van der Waals surface area contributed by atoms with Gasteiger partial charge in [-0.25, -0.2) is 9.78 Å². The molecule has 0 aliphatic rings. The lowest BCUT2D eigenvalue weighted by molar-refractivity contribution is -0.106. The molecular formula is C21H21ClN2O3. The van der Waals surface area contributed by atoms with E-state index in [0.29, 0.717) is 17.3 Å². The lowest BCUT2D eigenvalue weighted by Crippen LogP contribution is -2.19. The van der Waals surface area contributed by atoms with E-state index in [0.717, 1.165) is 28.4 Å². The first-order chi connectivity index (χ1) is 13.0. The molecule has 1 heterocycles. The van der Waals surface area contributed by atoms with E-state index in [9.17, 15) is 4.79 Å². The summed E-state index contributed by atoms with van der Waals surface area (Å²) in [7, 11) is 3.33. The van der Waals surface area contributed by atoms with Gasteiger partial charge in [-0.3, -0.25) is 0 Å². The number of para-hydroxylation sites is 1. The van der Waals surface area contributed by atoms with E-state index in [1.165, 1.54) is 14.0 Å². The van der Waals surface area contributed by atoms with Gasteiger partial charge in [-0.05, 0) is 42.8 Å². The summed E-state index contributed by atoms with van der Waals surface area (Å²) in [6, 6.07) is 17.2. The molecule has 3 aromatic rings. The van der Waals surface area contributed by atoms with E-state index < -0.39 is 0 Å². The van der Waals surface area contributed by atoms with Gasteiger partial charge in [-0.15, -0.1) is 0 Å². The summed E-state index contributed by atoms with van der Waals surface area (Å²) in [6.07, 6.45) is 0.750. The van der Waals surface area contributed by atoms with Gasteiger partial charge in [-0.2, -0.15) is 0 Å². The summed E-state index contributed by atoms with van der Waals surface area (Å²) in [4.78, 5) is 27.1. The quantitative estimate of drug-likeness (QED) is 0.376. The molecule has 5 nitrogen and oxygen atoms in total. The van der Waals surface area contributed by atoms with Crippen molar-refractivity contribution < 1.29 is 14.3 Å². The molecule has 6 heteroatoms. The monoisotopic (exact) mass is 384 g/mol. The number of fused-ring (bicyclic) bond motifs is 1. The number of hydrogen-bond acceptors (Lipinski definition) is 5. The Morgan fingerprint density at radius 3 is 2.56 bits per heavy atom. The van der Waals surface area contributed by atoms with E-state index in [1.807, 2.05) is 48.3 Å². The summed E-state index contributed by atoms with van der Waals surface area (Å²) in [6.45, 7) is 2.08. The van der Waals surface area contributed by atoms with Crippen LogP contribution in [0.2, 0.25) is 5.15 Å². The van der Waals surface area contributed by atoms with Gasteiger partial charge in [0, 0.05) is 19.0 Å². The molecule has 0 unspecified atom stereocenters. The second-order valence-electron chi connectivity index (χ2n) is 5.76. The molecule has 0 fully saturated rings. The fourth-order valence-corrected chi connectivity index (χ4v) is 2.84. The highest BCUT2D eigenvalue weighted by molar-refractivity contribution is 6.29. The zero-order chi connectivity index (χ0) is 19.8. The predicted molar refractivity (Wildman–Crippen MR) is 108 cm³/mol. The van der Waals surface area contributed by atoms with Gasteiger partial charge in [-0.1, -0.05) is 35.9 Å². The molecule has 0 N–H and O–H groups in total. The van der Waals surface area contributed by atoms with Crippen LogP contribution in [0.15, 0.2) is 54.6 Å². The number of ether oxygens (including phenoxy) is 1. The average molecular weight is 385 g/mol. The van der Waals surface area contributed by atoms with Crippen molar-refractivity contribution in [3.63, 3.8) is 0 Å². The van der Waals surface area contributed by atoms with Gasteiger partial charge in [0.05, 0.1) is 23.9 Å². The molecule has 3 rings (SSSR count). The van der Waals surface area contributed by atoms with Crippen molar-refractivity contribution in [2.75, 3.05) is 19.1 Å². The second-order valence-corrected chi connectivity index (χ2v) is 6.15. The van der Waals surface area contributed by atoms with Gasteiger partial charge in [0.1, 0.15) is 11.4 Å². The number of anilines is 1. The Morgan fingerprint density at radius 1 is 1.19 bits per heavy atom. The van der Waals surface area contributed by atoms with Gasteiger partial charge < -0.3 is 14.4 Å². The fourth-order valence-electron chi connectivity index (χ4n) is 2.68. The van der Waals surface area contributed by atoms with E-state index in [4.69, 9.17) is 21.1 Å². The molecule has 2 aromatic carbocycles. The van der Waals surface area contributed by atoms with Crippen LogP contribution in [0.1, 0.15) is 22.8 Å². The summed E-state index contributed by atoms with van der Waals surface area (Å²) in [5.74, 6) is -0.343. The number of aromatic nitrogens is 1. The van der Waals surface area contributed by atoms with Crippen molar-refractivity contribution in [1.29, 1.82) is 0 Å². The standard InChI is InChI=1S/C19H17ClN2O2.C2H4O/c1-22(17-6-4-3-5-15(17)19(23)24-2)12-13-7-8-14-9-10-18(20)21-16(14)11-13;1-2-3/h3-11H,12H2,1-2H3;2H,1H3. The minimum Gasteiger partial charge on any atom is -0.465 e. The average Bonchev–Trinajstić information content (AvgIpc) is 2.67. The Balaban J connectivity index is 0.000000817. The number of hydrogen-bond donors (Lipinski definition) is 0. The van der Waals surface area contributed by atoms with E-state index in [2.05, 4.69) is 11.1 Å². The number of aldehydes is 1. The number of carbonyl (C=O) groups is 2. The Morgan fingerprint density at radius 2 is 1.85 bits per heavy atom. The van der Waals surface area contributed by atoms with Crippen molar-refractivity contribution >= 4 is 40.4 Å². The highest BCUT2D eigenvalue weighted by Gasteiger charge is 2.14. The highest BCUT2D eigenvalue weighted by Crippen LogP contribution is 2.23. The Hall–Kier alpha value is -2.92. The number of pyridine rings is 1. The number of methoxy groups -OCH3 is 1. The number of carbonyl (C=O) groups excluding carboxylic acids is 2. The maximum atomic E-state index is 11.9. The Labute approximate surface area is 163 Å². The molecule has 0 aliphatic heterocycles. The third kappa shape index (κ3) is 5.28. The molecule has 140 valence electrons. The second kappa shape index (κ2) is 9.69. The Bertz CT molecular complexity index is 944. The summed E-state index contributed by atoms with van der Waals surface area (Å²) < 4.78 is 4.86. The molecule has 0 radical (unpaired) electrons. The van der Waals surface area contributed by atoms with Crippen molar-refractivity contribution in [3.05, 3.63) is 70.9 Å². The summed E-state index contributed by atoms with van der Waals surface area (Å²) in [5, 5.41) is 1.52. The Kier molecular flexibility index (Phi) is 7.32. The lowest BCUT2D eigenvalue weighted by atomic mass is 10.1. The first-order valence-electron chi connectivity index (χ1n) is 8.33. The van der Waals surface area contributed by atoms with Crippen molar-refractivity contribution in [2.45, 2.75) is 13.5 Å². The predicted octanol–water partition coefficient (Wildman–Crippen LogP) is 4.52. The topological polar surface area (TPSA) is 59.5 Å². The fraction of sp³-hybridized carbons (Fsp3) is 0.190. The van der Waals surface area contributed by atoms with Crippen LogP contribution in [0.3, 0.4) is 0 Å². The number of halogens is 1. The molecular weight excluding hydrogens is 364 g/mol. The number of benzene rings is 2. The molecule has 0 amide bonds. The van der Waals surface area contributed by atoms with Gasteiger partial charge >= 0.3 is 5.97 Å². The van der Waals surface area contributed by atoms with Crippen LogP contribution in [0.5, 0.6) is 0 Å². The van der Waals surface area contributed by atoms with Crippen LogP contribution in [0.25, 0.3) is 10.9 Å². The number of nitrogens with zero attached hydrogens (tertiary/aromatic N) is 2. The van der Waals surface area contributed by atoms with E-state index >= 15 is 0 Å². The van der Waals surface area contributed by atoms with Crippen molar-refractivity contribution in [2.24, 2.45) is 0 Å². The molecule has 0 saturated carbocycles. The van der Waals surface area contributed by atoms with Crippen molar-refractivity contribution in [3.8, 4) is 0 Å². The van der Waals surface area contributed by atoms with Crippen LogP contribution >= 0.6 is 11.6 Å². The maximum Gasteiger partial charge on any atom is 0.339 e. The molecule has 0 bridgehead atoms. The summed E-state index contributed by atoms with van der Waals surface area (Å²) in [5.41, 5.74) is 3.31. The molecule has 27 heavy (non-hydrogen) atoms. The van der Waals surface area contributed by atoms with Crippen LogP contribution in [-0.2, 0) is 16.1 Å². The van der Waals surface area contributed by atoms with Gasteiger partial charge in [0.2, 0.25) is 0 Å². The largest absolute Gasteiger partial charge is 0.465 e. The van der Waals surface area contributed by atoms with E-state index in [1.54, 1.807) is 12.1 Å². The molecule has 0 atom stereocenters. The third-order valence-electron chi connectivity index (χ3n) is 3.86. The number of esters is 1. The normalized spacial score (nSPS) is 9.93. The first kappa shape index (κ1) is 20.4. The lowest BCUT2D eigenvalue weighted by Gasteiger charge is -2.22. The van der Waals surface area contributed by atoms with Crippen LogP contribution in [0.4, 0.5) is 5.69 Å². The molecule has 0 aliphatic carbocycles. The molecule has 1 aromatic heterocycles. The SMILES string of the molecule is CC=O.COC(=O)c1ccccc1N(C)Cc1ccc2ccc(Cl)nc2c1. The molecule has 0 saturated heterocycles. The zero-order valence-electron chi connectivity index (χ0n) is 15.5. The van der Waals surface area contributed by atoms with Crippen LogP contribution < -0.4 is 4.90 Å². The van der Waals surface area contributed by atoms with Crippen LogP contribution in [0, 0.1) is 0 Å². The van der Waals surface area contributed by atoms with Crippen molar-refractivity contribution in [1.82, 2.24) is 4.98 Å². The highest BCUT2D eigenvalue weighted by atomic mass is 35.5. The summed E-state index contributed by atoms with van der Waals surface area (Å²) >= 11 is 5.97. The zero-order valence-corrected chi connectivity index (χ0v) is 16.2. The minimum absolute atomic E-state index is 0.343. The minimum atomic E-state index is -0.343. The molecule has 0 spiro atoms. The first-order valence-corrected chi connectivity index (χ1v) is 8.71. The van der Waals surface area contributed by atoms with Gasteiger partial charge in [0.25, 0.3) is 0 Å². The van der Waals surface area contributed by atoms with Gasteiger partial charge in [0.15, 0.2) is 0 Å².